The average molecular weight is 399 g/mol. The number of allylic oxidation sites excluding steroid dienone is 12. The van der Waals surface area contributed by atoms with Gasteiger partial charge in [0.15, 0.2) is 0 Å². The highest BCUT2D eigenvalue weighted by Gasteiger charge is 2.41. The number of rotatable bonds is 11. The van der Waals surface area contributed by atoms with E-state index in [1.165, 1.54) is 11.6 Å². The molecule has 0 N–H and O–H groups in total. The molecule has 0 bridgehead atoms. The van der Waals surface area contributed by atoms with Crippen molar-refractivity contribution in [2.75, 3.05) is 6.67 Å². The minimum absolute atomic E-state index is 0.0260. The van der Waals surface area contributed by atoms with Gasteiger partial charge in [-0.05, 0) is 59.8 Å². The maximum Gasteiger partial charge on any atom is 0.108 e. The molecule has 0 fully saturated rings. The van der Waals surface area contributed by atoms with Gasteiger partial charge in [-0.15, -0.1) is 0 Å². The second kappa shape index (κ2) is 12.0. The van der Waals surface area contributed by atoms with Crippen LogP contribution in [0.15, 0.2) is 83.6 Å². The first-order valence-electron chi connectivity index (χ1n) is 10.6. The zero-order chi connectivity index (χ0) is 22.8. The van der Waals surface area contributed by atoms with Gasteiger partial charge in [0.05, 0.1) is 0 Å². The van der Waals surface area contributed by atoms with E-state index in [9.17, 15) is 4.39 Å². The Morgan fingerprint density at radius 1 is 1.03 bits per heavy atom. The third kappa shape index (κ3) is 7.46. The second-order valence-electron chi connectivity index (χ2n) is 9.27. The van der Waals surface area contributed by atoms with Gasteiger partial charge in [-0.25, -0.2) is 4.39 Å². The molecule has 0 aliphatic carbocycles. The zero-order valence-corrected chi connectivity index (χ0v) is 20.3. The summed E-state index contributed by atoms with van der Waals surface area (Å²) in [7, 11) is 0. The van der Waals surface area contributed by atoms with Crippen molar-refractivity contribution in [1.82, 2.24) is 0 Å². The van der Waals surface area contributed by atoms with Crippen molar-refractivity contribution in [2.24, 2.45) is 16.7 Å². The Kier molecular flexibility index (Phi) is 11.2. The van der Waals surface area contributed by atoms with Crippen molar-refractivity contribution in [3.05, 3.63) is 83.6 Å². The molecule has 0 spiro atoms. The Labute approximate surface area is 180 Å². The third-order valence-corrected chi connectivity index (χ3v) is 6.76. The maximum absolute atomic E-state index is 12.7. The smallest absolute Gasteiger partial charge is 0.108 e. The largest absolute Gasteiger partial charge is 0.247 e. The third-order valence-electron chi connectivity index (χ3n) is 6.76. The van der Waals surface area contributed by atoms with E-state index >= 15 is 0 Å². The molecule has 0 nitrogen and oxygen atoms in total. The van der Waals surface area contributed by atoms with Gasteiger partial charge in [0.2, 0.25) is 0 Å². The Morgan fingerprint density at radius 3 is 2.07 bits per heavy atom. The van der Waals surface area contributed by atoms with Crippen LogP contribution >= 0.6 is 0 Å². The molecule has 1 atom stereocenters. The summed E-state index contributed by atoms with van der Waals surface area (Å²) in [6.07, 6.45) is 14.6. The fraction of sp³-hybridized carbons (Fsp3) is 0.500. The average Bonchev–Trinajstić information content (AvgIpc) is 2.64. The summed E-state index contributed by atoms with van der Waals surface area (Å²) in [4.78, 5) is 0. The fourth-order valence-corrected chi connectivity index (χ4v) is 3.31. The first-order valence-corrected chi connectivity index (χ1v) is 10.6. The van der Waals surface area contributed by atoms with Gasteiger partial charge < -0.3 is 0 Å². The molecular formula is C28H43F. The summed E-state index contributed by atoms with van der Waals surface area (Å²) in [6, 6.07) is 0. The van der Waals surface area contributed by atoms with Crippen LogP contribution in [0.2, 0.25) is 0 Å². The Balaban J connectivity index is 6.37. The number of hydrogen-bond donors (Lipinski definition) is 0. The monoisotopic (exact) mass is 398 g/mol. The van der Waals surface area contributed by atoms with E-state index in [1.807, 2.05) is 12.2 Å². The first-order chi connectivity index (χ1) is 13.4. The molecule has 0 rings (SSSR count). The molecule has 0 aliphatic heterocycles. The number of alkyl halides is 1. The minimum atomic E-state index is -0.469. The lowest BCUT2D eigenvalue weighted by atomic mass is 9.58. The summed E-state index contributed by atoms with van der Waals surface area (Å²) in [5.41, 5.74) is 5.65. The molecule has 0 aromatic carbocycles. The highest BCUT2D eigenvalue weighted by atomic mass is 19.1. The van der Waals surface area contributed by atoms with Crippen LogP contribution < -0.4 is 0 Å². The molecule has 0 radical (unpaired) electrons. The van der Waals surface area contributed by atoms with Gasteiger partial charge in [0.25, 0.3) is 0 Å². The lowest BCUT2D eigenvalue weighted by Gasteiger charge is -2.47. The van der Waals surface area contributed by atoms with Crippen molar-refractivity contribution in [3.8, 4) is 0 Å². The van der Waals surface area contributed by atoms with Crippen LogP contribution in [0.25, 0.3) is 0 Å². The van der Waals surface area contributed by atoms with Crippen molar-refractivity contribution >= 4 is 0 Å². The van der Waals surface area contributed by atoms with Crippen LogP contribution in [-0.4, -0.2) is 6.67 Å². The molecule has 0 heterocycles. The molecule has 0 saturated carbocycles. The molecule has 162 valence electrons. The molecule has 1 unspecified atom stereocenters. The van der Waals surface area contributed by atoms with Crippen molar-refractivity contribution < 1.29 is 4.39 Å². The topological polar surface area (TPSA) is 0 Å². The van der Waals surface area contributed by atoms with Gasteiger partial charge in [-0.3, -0.25) is 0 Å². The molecule has 0 aromatic rings. The molecule has 0 aromatic heterocycles. The SMILES string of the molecule is C=C/C(C(=C)/C(=C/C=C\CF)C(C)C(C)(C)C(C)(C)CC)=C(C)/C=C\C=C(C)C. The van der Waals surface area contributed by atoms with Crippen LogP contribution in [0.3, 0.4) is 0 Å². The number of hydrogen-bond acceptors (Lipinski definition) is 0. The normalized spacial score (nSPS) is 15.4. The van der Waals surface area contributed by atoms with E-state index in [-0.39, 0.29) is 16.7 Å². The van der Waals surface area contributed by atoms with E-state index in [0.29, 0.717) is 0 Å². The zero-order valence-electron chi connectivity index (χ0n) is 20.3. The Morgan fingerprint density at radius 2 is 1.62 bits per heavy atom. The van der Waals surface area contributed by atoms with E-state index in [4.69, 9.17) is 0 Å². The summed E-state index contributed by atoms with van der Waals surface area (Å²) >= 11 is 0. The van der Waals surface area contributed by atoms with Gasteiger partial charge in [-0.1, -0.05) is 109 Å². The highest BCUT2D eigenvalue weighted by molar-refractivity contribution is 5.55. The van der Waals surface area contributed by atoms with Crippen LogP contribution in [0, 0.1) is 16.7 Å². The summed E-state index contributed by atoms with van der Waals surface area (Å²) in [6.45, 7) is 28.0. The number of halogens is 1. The van der Waals surface area contributed by atoms with E-state index in [2.05, 4.69) is 93.7 Å². The predicted octanol–water partition coefficient (Wildman–Crippen LogP) is 9.12. The van der Waals surface area contributed by atoms with Gasteiger partial charge in [0, 0.05) is 0 Å². The fourth-order valence-electron chi connectivity index (χ4n) is 3.31. The summed E-state index contributed by atoms with van der Waals surface area (Å²) in [5.74, 6) is 0.235. The first kappa shape index (κ1) is 27.1. The van der Waals surface area contributed by atoms with Gasteiger partial charge in [-0.2, -0.15) is 0 Å². The summed E-state index contributed by atoms with van der Waals surface area (Å²) < 4.78 is 12.7. The molecule has 1 heteroatoms. The van der Waals surface area contributed by atoms with Crippen LogP contribution in [0.1, 0.15) is 68.7 Å². The predicted molar refractivity (Wildman–Crippen MR) is 131 cm³/mol. The van der Waals surface area contributed by atoms with E-state index < -0.39 is 6.67 Å². The molecule has 0 aliphatic rings. The van der Waals surface area contributed by atoms with E-state index in [1.54, 1.807) is 6.08 Å². The minimum Gasteiger partial charge on any atom is -0.247 e. The Bertz CT molecular complexity index is 713. The van der Waals surface area contributed by atoms with Crippen molar-refractivity contribution in [2.45, 2.75) is 68.7 Å². The highest BCUT2D eigenvalue weighted by Crippen LogP contribution is 2.50. The standard InChI is InChI=1S/C28H43F/c1-12-25(22(5)18-16-17-21(3)4)23(6)26(19-14-15-20-29)24(7)28(10,11)27(8,9)13-2/h12,14-19,24H,1,6,13,20H2,2-5,7-11H3/b15-14-,18-16-,25-22-,26-19-. The maximum atomic E-state index is 12.7. The van der Waals surface area contributed by atoms with Crippen LogP contribution in [-0.2, 0) is 0 Å². The molecule has 0 amide bonds. The molecule has 29 heavy (non-hydrogen) atoms. The quantitative estimate of drug-likeness (QED) is 0.304. The Hall–Kier alpha value is -1.89. The van der Waals surface area contributed by atoms with Gasteiger partial charge in [0.1, 0.15) is 6.67 Å². The van der Waals surface area contributed by atoms with Crippen molar-refractivity contribution in [1.29, 1.82) is 0 Å². The summed E-state index contributed by atoms with van der Waals surface area (Å²) in [5, 5.41) is 0. The lowest BCUT2D eigenvalue weighted by Crippen LogP contribution is -2.38. The second-order valence-corrected chi connectivity index (χ2v) is 9.27. The molecular weight excluding hydrogens is 355 g/mol. The lowest BCUT2D eigenvalue weighted by molar-refractivity contribution is 0.0608. The van der Waals surface area contributed by atoms with Gasteiger partial charge >= 0.3 is 0 Å². The van der Waals surface area contributed by atoms with Crippen LogP contribution in [0.4, 0.5) is 4.39 Å². The van der Waals surface area contributed by atoms with Crippen molar-refractivity contribution in [3.63, 3.8) is 0 Å². The molecule has 0 saturated heterocycles. The van der Waals surface area contributed by atoms with Crippen LogP contribution in [0.5, 0.6) is 0 Å². The van der Waals surface area contributed by atoms with E-state index in [0.717, 1.165) is 28.7 Å².